The Labute approximate surface area is 165 Å². The molecule has 0 aliphatic carbocycles. The van der Waals surface area contributed by atoms with E-state index in [1.54, 1.807) is 14.2 Å². The summed E-state index contributed by atoms with van der Waals surface area (Å²) in [6, 6.07) is 7.97. The van der Waals surface area contributed by atoms with Gasteiger partial charge in [0, 0.05) is 44.8 Å². The minimum Gasteiger partial charge on any atom is -0.497 e. The molecule has 2 aliphatic rings. The summed E-state index contributed by atoms with van der Waals surface area (Å²) in [5, 5.41) is 0. The zero-order valence-electron chi connectivity index (χ0n) is 16.6. The molecule has 1 aromatic heterocycles. The van der Waals surface area contributed by atoms with Gasteiger partial charge in [0.05, 0.1) is 25.7 Å². The molecule has 2 aromatic rings. The highest BCUT2D eigenvalue weighted by molar-refractivity contribution is 5.85. The third kappa shape index (κ3) is 3.52. The van der Waals surface area contributed by atoms with Gasteiger partial charge in [-0.1, -0.05) is 0 Å². The molecule has 28 heavy (non-hydrogen) atoms. The summed E-state index contributed by atoms with van der Waals surface area (Å²) in [6.45, 7) is 4.62. The van der Waals surface area contributed by atoms with Crippen molar-refractivity contribution >= 4 is 5.91 Å². The lowest BCUT2D eigenvalue weighted by molar-refractivity contribution is -0.136. The SMILES string of the molecule is COCCN1CCC2(CCN(Cc3nccn3-c3ccc(OC)cc3)C2)C1=O. The normalized spacial score (nSPS) is 22.5. The fraction of sp³-hybridized carbons (Fsp3) is 0.524. The molecule has 7 heteroatoms. The molecule has 2 fully saturated rings. The number of imidazole rings is 1. The maximum atomic E-state index is 12.9. The van der Waals surface area contributed by atoms with Crippen LogP contribution in [0.4, 0.5) is 0 Å². The number of amides is 1. The Balaban J connectivity index is 1.43. The van der Waals surface area contributed by atoms with Crippen molar-refractivity contribution < 1.29 is 14.3 Å². The minimum absolute atomic E-state index is 0.217. The van der Waals surface area contributed by atoms with Crippen LogP contribution in [0.25, 0.3) is 5.69 Å². The number of ether oxygens (including phenoxy) is 2. The van der Waals surface area contributed by atoms with Crippen LogP contribution in [0.3, 0.4) is 0 Å². The molecule has 2 aliphatic heterocycles. The monoisotopic (exact) mass is 384 g/mol. The highest BCUT2D eigenvalue weighted by atomic mass is 16.5. The van der Waals surface area contributed by atoms with E-state index in [9.17, 15) is 4.79 Å². The van der Waals surface area contributed by atoms with Crippen molar-refractivity contribution in [3.05, 3.63) is 42.5 Å². The number of carbonyl (C=O) groups is 1. The first-order chi connectivity index (χ1) is 13.6. The second-order valence-electron chi connectivity index (χ2n) is 7.69. The van der Waals surface area contributed by atoms with Gasteiger partial charge in [-0.2, -0.15) is 0 Å². The highest BCUT2D eigenvalue weighted by Gasteiger charge is 2.50. The smallest absolute Gasteiger partial charge is 0.230 e. The molecule has 7 nitrogen and oxygen atoms in total. The average Bonchev–Trinajstić information content (AvgIpc) is 3.43. The van der Waals surface area contributed by atoms with Gasteiger partial charge < -0.3 is 18.9 Å². The largest absolute Gasteiger partial charge is 0.497 e. The summed E-state index contributed by atoms with van der Waals surface area (Å²) in [5.74, 6) is 2.12. The van der Waals surface area contributed by atoms with E-state index in [2.05, 4.69) is 14.5 Å². The zero-order chi connectivity index (χ0) is 19.6. The Morgan fingerprint density at radius 2 is 1.93 bits per heavy atom. The second kappa shape index (κ2) is 7.93. The fourth-order valence-electron chi connectivity index (χ4n) is 4.41. The number of aromatic nitrogens is 2. The van der Waals surface area contributed by atoms with Crippen LogP contribution < -0.4 is 4.74 Å². The first-order valence-corrected chi connectivity index (χ1v) is 9.82. The highest BCUT2D eigenvalue weighted by Crippen LogP contribution is 2.41. The molecule has 150 valence electrons. The molecule has 0 radical (unpaired) electrons. The number of hydrogen-bond acceptors (Lipinski definition) is 5. The maximum absolute atomic E-state index is 12.9. The van der Waals surface area contributed by atoms with Gasteiger partial charge in [0.2, 0.25) is 5.91 Å². The van der Waals surface area contributed by atoms with E-state index in [0.29, 0.717) is 19.1 Å². The lowest BCUT2D eigenvalue weighted by atomic mass is 9.85. The number of hydrogen-bond donors (Lipinski definition) is 0. The molecule has 4 rings (SSSR count). The molecule has 0 bridgehead atoms. The molecule has 1 aromatic carbocycles. The second-order valence-corrected chi connectivity index (χ2v) is 7.69. The Morgan fingerprint density at radius 1 is 1.14 bits per heavy atom. The summed E-state index contributed by atoms with van der Waals surface area (Å²) in [4.78, 5) is 21.8. The van der Waals surface area contributed by atoms with Gasteiger partial charge in [-0.15, -0.1) is 0 Å². The standard InChI is InChI=1S/C21H28N4O3/c1-27-14-13-24-11-8-21(20(24)26)7-10-23(16-21)15-19-22-9-12-25(19)17-3-5-18(28-2)6-4-17/h3-6,9,12H,7-8,10-11,13-16H2,1-2H3. The Kier molecular flexibility index (Phi) is 5.37. The van der Waals surface area contributed by atoms with Crippen LogP contribution in [0.5, 0.6) is 5.75 Å². The lowest BCUT2D eigenvalue weighted by Gasteiger charge is -2.23. The quantitative estimate of drug-likeness (QED) is 0.730. The molecular formula is C21H28N4O3. The van der Waals surface area contributed by atoms with Crippen molar-refractivity contribution in [2.24, 2.45) is 5.41 Å². The van der Waals surface area contributed by atoms with Crippen LogP contribution in [0.2, 0.25) is 0 Å². The van der Waals surface area contributed by atoms with Gasteiger partial charge in [0.25, 0.3) is 0 Å². The number of benzene rings is 1. The number of methoxy groups -OCH3 is 2. The lowest BCUT2D eigenvalue weighted by Crippen LogP contribution is -2.38. The summed E-state index contributed by atoms with van der Waals surface area (Å²) < 4.78 is 12.5. The zero-order valence-corrected chi connectivity index (χ0v) is 16.6. The molecule has 1 amide bonds. The average molecular weight is 384 g/mol. The summed E-state index contributed by atoms with van der Waals surface area (Å²) in [6.07, 6.45) is 5.69. The summed E-state index contributed by atoms with van der Waals surface area (Å²) >= 11 is 0. The fourth-order valence-corrected chi connectivity index (χ4v) is 4.41. The van der Waals surface area contributed by atoms with E-state index in [1.165, 1.54) is 0 Å². The Morgan fingerprint density at radius 3 is 2.68 bits per heavy atom. The third-order valence-electron chi connectivity index (χ3n) is 6.03. The maximum Gasteiger partial charge on any atom is 0.230 e. The van der Waals surface area contributed by atoms with E-state index in [1.807, 2.05) is 41.6 Å². The predicted molar refractivity (Wildman–Crippen MR) is 106 cm³/mol. The van der Waals surface area contributed by atoms with E-state index >= 15 is 0 Å². The first kappa shape index (κ1) is 19.0. The first-order valence-electron chi connectivity index (χ1n) is 9.82. The van der Waals surface area contributed by atoms with Crippen molar-refractivity contribution in [3.63, 3.8) is 0 Å². The van der Waals surface area contributed by atoms with Gasteiger partial charge in [0.15, 0.2) is 0 Å². The summed E-state index contributed by atoms with van der Waals surface area (Å²) in [5.41, 5.74) is 0.843. The molecule has 1 spiro atoms. The van der Waals surface area contributed by atoms with Crippen LogP contribution in [-0.2, 0) is 16.1 Å². The van der Waals surface area contributed by atoms with Gasteiger partial charge in [-0.05, 0) is 43.7 Å². The molecule has 0 saturated carbocycles. The van der Waals surface area contributed by atoms with Crippen LogP contribution in [-0.4, -0.2) is 72.3 Å². The number of likely N-dealkylation sites (tertiary alicyclic amines) is 2. The molecule has 1 atom stereocenters. The number of rotatable bonds is 7. The van der Waals surface area contributed by atoms with Crippen molar-refractivity contribution in [1.29, 1.82) is 0 Å². The summed E-state index contributed by atoms with van der Waals surface area (Å²) in [7, 11) is 3.35. The van der Waals surface area contributed by atoms with E-state index in [0.717, 1.165) is 56.3 Å². The van der Waals surface area contributed by atoms with E-state index in [-0.39, 0.29) is 5.41 Å². The van der Waals surface area contributed by atoms with Gasteiger partial charge >= 0.3 is 0 Å². The Hall–Kier alpha value is -2.38. The topological polar surface area (TPSA) is 59.8 Å². The number of carbonyl (C=O) groups excluding carboxylic acids is 1. The van der Waals surface area contributed by atoms with Gasteiger partial charge in [-0.25, -0.2) is 4.98 Å². The van der Waals surface area contributed by atoms with Crippen molar-refractivity contribution in [2.75, 3.05) is 47.0 Å². The van der Waals surface area contributed by atoms with E-state index < -0.39 is 0 Å². The predicted octanol–water partition coefficient (Wildman–Crippen LogP) is 1.95. The molecular weight excluding hydrogens is 356 g/mol. The molecule has 0 N–H and O–H groups in total. The van der Waals surface area contributed by atoms with Crippen molar-refractivity contribution in [3.8, 4) is 11.4 Å². The van der Waals surface area contributed by atoms with Crippen LogP contribution in [0, 0.1) is 5.41 Å². The number of nitrogens with zero attached hydrogens (tertiary/aromatic N) is 4. The van der Waals surface area contributed by atoms with Gasteiger partial charge in [0.1, 0.15) is 11.6 Å². The molecule has 2 saturated heterocycles. The van der Waals surface area contributed by atoms with Crippen LogP contribution in [0.1, 0.15) is 18.7 Å². The molecule has 3 heterocycles. The van der Waals surface area contributed by atoms with Crippen molar-refractivity contribution in [1.82, 2.24) is 19.4 Å². The van der Waals surface area contributed by atoms with Crippen LogP contribution in [0.15, 0.2) is 36.7 Å². The Bertz CT molecular complexity index is 819. The van der Waals surface area contributed by atoms with E-state index in [4.69, 9.17) is 9.47 Å². The van der Waals surface area contributed by atoms with Crippen LogP contribution >= 0.6 is 0 Å². The van der Waals surface area contributed by atoms with Gasteiger partial charge in [-0.3, -0.25) is 9.69 Å². The third-order valence-corrected chi connectivity index (χ3v) is 6.03. The molecule has 1 unspecified atom stereocenters. The minimum atomic E-state index is -0.217. The van der Waals surface area contributed by atoms with Crippen molar-refractivity contribution in [2.45, 2.75) is 19.4 Å².